The van der Waals surface area contributed by atoms with Crippen LogP contribution >= 0.6 is 11.8 Å². The van der Waals surface area contributed by atoms with Gasteiger partial charge >= 0.3 is 0 Å². The predicted octanol–water partition coefficient (Wildman–Crippen LogP) is 4.41. The van der Waals surface area contributed by atoms with E-state index in [-0.39, 0.29) is 35.9 Å². The Kier molecular flexibility index (Phi) is 6.43. The Balaban J connectivity index is 1.49. The van der Waals surface area contributed by atoms with Gasteiger partial charge in [0, 0.05) is 36.0 Å². The lowest BCUT2D eigenvalue weighted by Crippen LogP contribution is -2.62. The molecule has 0 spiro atoms. The Hall–Kier alpha value is -3.31. The van der Waals surface area contributed by atoms with Gasteiger partial charge in [-0.3, -0.25) is 19.3 Å². The lowest BCUT2D eigenvalue weighted by Gasteiger charge is -2.48. The third kappa shape index (κ3) is 4.33. The van der Waals surface area contributed by atoms with E-state index in [1.165, 1.54) is 0 Å². The molecule has 1 N–H and O–H groups in total. The van der Waals surface area contributed by atoms with Gasteiger partial charge in [-0.05, 0) is 37.6 Å². The van der Waals surface area contributed by atoms with E-state index in [9.17, 15) is 14.4 Å². The van der Waals surface area contributed by atoms with E-state index < -0.39 is 5.66 Å². The molecular formula is C25H26N4O3S. The van der Waals surface area contributed by atoms with Crippen molar-refractivity contribution in [3.63, 3.8) is 0 Å². The smallest absolute Gasteiger partial charge is 0.257 e. The Morgan fingerprint density at radius 3 is 2.73 bits per heavy atom. The molecule has 1 saturated heterocycles. The molecule has 0 saturated carbocycles. The van der Waals surface area contributed by atoms with E-state index >= 15 is 0 Å². The summed E-state index contributed by atoms with van der Waals surface area (Å²) in [5, 5.41) is 12.0. The molecule has 2 heterocycles. The Labute approximate surface area is 197 Å². The fraction of sp³-hybridized carbons (Fsp3) is 0.360. The molecule has 1 fully saturated rings. The first-order chi connectivity index (χ1) is 15.8. The molecule has 2 aromatic carbocycles. The molecule has 7 nitrogen and oxygen atoms in total. The van der Waals surface area contributed by atoms with Crippen LogP contribution in [0.5, 0.6) is 0 Å². The standard InChI is InChI=1S/C25H26N4O3S/c1-17(12-15-26)33-21-10-6-4-8-19(21)27-22(30)13-16-28-24(32)18-7-3-5-9-20(18)29-23(31)11-14-25(28,29)2/h3-10,17H,11-14,16H2,1-2H3,(H,27,30)/t17-,25-/m1/s1. The van der Waals surface area contributed by atoms with Crippen LogP contribution in [-0.4, -0.2) is 40.1 Å². The summed E-state index contributed by atoms with van der Waals surface area (Å²) in [6, 6.07) is 16.8. The molecule has 4 rings (SSSR count). The number of carbonyl (C=O) groups is 3. The van der Waals surface area contributed by atoms with Crippen molar-refractivity contribution >= 4 is 40.9 Å². The fourth-order valence-electron chi connectivity index (χ4n) is 4.53. The number of anilines is 2. The third-order valence-electron chi connectivity index (χ3n) is 6.18. The maximum absolute atomic E-state index is 13.3. The SMILES string of the molecule is C[C@H](CC#N)Sc1ccccc1NC(=O)CCN1C(=O)c2ccccc2N2C(=O)CC[C@]12C. The predicted molar refractivity (Wildman–Crippen MR) is 128 cm³/mol. The number of hydrogen-bond acceptors (Lipinski definition) is 5. The highest BCUT2D eigenvalue weighted by molar-refractivity contribution is 8.00. The molecule has 0 aromatic heterocycles. The normalized spacial score (nSPS) is 20.2. The van der Waals surface area contributed by atoms with Gasteiger partial charge in [-0.1, -0.05) is 31.2 Å². The topological polar surface area (TPSA) is 93.5 Å². The highest BCUT2D eigenvalue weighted by Gasteiger charge is 2.52. The van der Waals surface area contributed by atoms with Crippen LogP contribution in [0.3, 0.4) is 0 Å². The van der Waals surface area contributed by atoms with Crippen LogP contribution in [0.25, 0.3) is 0 Å². The van der Waals surface area contributed by atoms with Crippen molar-refractivity contribution in [2.45, 2.75) is 55.3 Å². The fourth-order valence-corrected chi connectivity index (χ4v) is 5.52. The van der Waals surface area contributed by atoms with Gasteiger partial charge in [-0.15, -0.1) is 11.8 Å². The second-order valence-corrected chi connectivity index (χ2v) is 9.99. The Morgan fingerprint density at radius 1 is 1.21 bits per heavy atom. The number of benzene rings is 2. The van der Waals surface area contributed by atoms with Crippen LogP contribution in [0.1, 0.15) is 49.9 Å². The van der Waals surface area contributed by atoms with Gasteiger partial charge in [-0.2, -0.15) is 5.26 Å². The van der Waals surface area contributed by atoms with Gasteiger partial charge in [0.05, 0.1) is 23.0 Å². The molecule has 2 aliphatic rings. The molecule has 0 radical (unpaired) electrons. The second-order valence-electron chi connectivity index (χ2n) is 8.51. The number of nitrogens with zero attached hydrogens (tertiary/aromatic N) is 3. The van der Waals surface area contributed by atoms with Crippen LogP contribution in [0, 0.1) is 11.3 Å². The number of nitriles is 1. The van der Waals surface area contributed by atoms with E-state index in [1.54, 1.807) is 39.8 Å². The number of nitrogens with one attached hydrogen (secondary N) is 1. The van der Waals surface area contributed by atoms with Crippen molar-refractivity contribution < 1.29 is 14.4 Å². The van der Waals surface area contributed by atoms with Crippen molar-refractivity contribution in [2.75, 3.05) is 16.8 Å². The average Bonchev–Trinajstić information content (AvgIpc) is 3.10. The summed E-state index contributed by atoms with van der Waals surface area (Å²) >= 11 is 1.54. The number of carbonyl (C=O) groups excluding carboxylic acids is 3. The van der Waals surface area contributed by atoms with Crippen LogP contribution in [0.15, 0.2) is 53.4 Å². The molecule has 33 heavy (non-hydrogen) atoms. The number of hydrogen-bond donors (Lipinski definition) is 1. The molecule has 0 unspecified atom stereocenters. The molecule has 0 bridgehead atoms. The molecule has 0 aliphatic carbocycles. The quantitative estimate of drug-likeness (QED) is 0.615. The zero-order valence-electron chi connectivity index (χ0n) is 18.7. The van der Waals surface area contributed by atoms with Crippen molar-refractivity contribution in [1.29, 1.82) is 5.26 Å². The van der Waals surface area contributed by atoms with Crippen molar-refractivity contribution in [3.05, 3.63) is 54.1 Å². The minimum atomic E-state index is -0.775. The number of rotatable bonds is 7. The monoisotopic (exact) mass is 462 g/mol. The molecule has 2 atom stereocenters. The van der Waals surface area contributed by atoms with Crippen molar-refractivity contribution in [3.8, 4) is 6.07 Å². The van der Waals surface area contributed by atoms with Gasteiger partial charge in [0.1, 0.15) is 5.66 Å². The summed E-state index contributed by atoms with van der Waals surface area (Å²) in [5.74, 6) is -0.375. The van der Waals surface area contributed by atoms with Crippen LogP contribution in [0.4, 0.5) is 11.4 Å². The maximum Gasteiger partial charge on any atom is 0.257 e. The first-order valence-electron chi connectivity index (χ1n) is 11.0. The third-order valence-corrected chi connectivity index (χ3v) is 7.36. The molecule has 2 aromatic rings. The summed E-state index contributed by atoms with van der Waals surface area (Å²) in [7, 11) is 0. The summed E-state index contributed by atoms with van der Waals surface area (Å²) < 4.78 is 0. The van der Waals surface area contributed by atoms with Gasteiger partial charge in [0.2, 0.25) is 11.8 Å². The molecular weight excluding hydrogens is 436 g/mol. The van der Waals surface area contributed by atoms with E-state index in [0.717, 1.165) is 4.90 Å². The molecule has 3 amide bonds. The number of amides is 3. The summed E-state index contributed by atoms with van der Waals surface area (Å²) in [4.78, 5) is 43.1. The van der Waals surface area contributed by atoms with Crippen LogP contribution < -0.4 is 10.2 Å². The zero-order valence-corrected chi connectivity index (χ0v) is 19.5. The lowest BCUT2D eigenvalue weighted by molar-refractivity contribution is -0.117. The Bertz CT molecular complexity index is 1140. The highest BCUT2D eigenvalue weighted by Crippen LogP contribution is 2.44. The summed E-state index contributed by atoms with van der Waals surface area (Å²) in [6.45, 7) is 4.08. The van der Waals surface area contributed by atoms with E-state index in [4.69, 9.17) is 5.26 Å². The molecule has 170 valence electrons. The van der Waals surface area contributed by atoms with Crippen molar-refractivity contribution in [2.24, 2.45) is 0 Å². The van der Waals surface area contributed by atoms with E-state index in [2.05, 4.69) is 11.4 Å². The molecule has 8 heteroatoms. The first-order valence-corrected chi connectivity index (χ1v) is 11.9. The van der Waals surface area contributed by atoms with Gasteiger partial charge < -0.3 is 10.2 Å². The van der Waals surface area contributed by atoms with E-state index in [0.29, 0.717) is 36.2 Å². The average molecular weight is 463 g/mol. The minimum absolute atomic E-state index is 0.00987. The van der Waals surface area contributed by atoms with Crippen LogP contribution in [-0.2, 0) is 9.59 Å². The highest BCUT2D eigenvalue weighted by atomic mass is 32.2. The lowest BCUT2D eigenvalue weighted by atomic mass is 9.98. The second kappa shape index (κ2) is 9.28. The van der Waals surface area contributed by atoms with Gasteiger partial charge in [0.25, 0.3) is 5.91 Å². The largest absolute Gasteiger partial charge is 0.325 e. The number of thioether (sulfide) groups is 1. The summed E-state index contributed by atoms with van der Waals surface area (Å²) in [6.07, 6.45) is 1.42. The maximum atomic E-state index is 13.3. The van der Waals surface area contributed by atoms with Gasteiger partial charge in [-0.25, -0.2) is 0 Å². The number of para-hydroxylation sites is 2. The van der Waals surface area contributed by atoms with Crippen LogP contribution in [0.2, 0.25) is 0 Å². The van der Waals surface area contributed by atoms with Gasteiger partial charge in [0.15, 0.2) is 0 Å². The minimum Gasteiger partial charge on any atom is -0.325 e. The molecule has 2 aliphatic heterocycles. The zero-order chi connectivity index (χ0) is 23.6. The van der Waals surface area contributed by atoms with Crippen molar-refractivity contribution in [1.82, 2.24) is 4.90 Å². The van der Waals surface area contributed by atoms with E-state index in [1.807, 2.05) is 44.2 Å². The summed E-state index contributed by atoms with van der Waals surface area (Å²) in [5.41, 5.74) is 1.05. The number of fused-ring (bicyclic) bond motifs is 3. The first kappa shape index (κ1) is 22.9. The Morgan fingerprint density at radius 2 is 1.94 bits per heavy atom.